The van der Waals surface area contributed by atoms with Crippen LogP contribution in [0.5, 0.6) is 0 Å². The van der Waals surface area contributed by atoms with Crippen molar-refractivity contribution in [2.75, 3.05) is 0 Å². The minimum Gasteiger partial charge on any atom is -0.358 e. The Kier molecular flexibility index (Phi) is 2.51. The summed E-state index contributed by atoms with van der Waals surface area (Å²) in [6, 6.07) is 4.25. The Bertz CT molecular complexity index is 421. The van der Waals surface area contributed by atoms with Crippen LogP contribution in [0.15, 0.2) is 24.5 Å². The van der Waals surface area contributed by atoms with Crippen LogP contribution in [0.3, 0.4) is 0 Å². The lowest BCUT2D eigenvalue weighted by atomic mass is 9.85. The van der Waals surface area contributed by atoms with Crippen LogP contribution in [-0.4, -0.2) is 9.97 Å². The van der Waals surface area contributed by atoms with Crippen LogP contribution in [-0.2, 0) is 5.41 Å². The Morgan fingerprint density at radius 3 is 2.87 bits per heavy atom. The van der Waals surface area contributed by atoms with Crippen LogP contribution in [0, 0.1) is 0 Å². The standard InChI is InChI=1S/C13H18N2/c1-4-6-13(2,3)12-8-10-9-14-7-5-11(10)15-12/h5,7-9,15H,4,6H2,1-3H3. The molecule has 0 saturated heterocycles. The topological polar surface area (TPSA) is 28.7 Å². The summed E-state index contributed by atoms with van der Waals surface area (Å²) in [5.74, 6) is 0. The van der Waals surface area contributed by atoms with E-state index in [1.807, 2.05) is 18.5 Å². The molecule has 2 aromatic heterocycles. The van der Waals surface area contributed by atoms with E-state index in [1.165, 1.54) is 29.4 Å². The van der Waals surface area contributed by atoms with Crippen LogP contribution >= 0.6 is 0 Å². The molecule has 0 aliphatic rings. The van der Waals surface area contributed by atoms with Gasteiger partial charge in [0.15, 0.2) is 0 Å². The van der Waals surface area contributed by atoms with Crippen molar-refractivity contribution in [1.82, 2.24) is 9.97 Å². The van der Waals surface area contributed by atoms with Gasteiger partial charge >= 0.3 is 0 Å². The number of nitrogens with zero attached hydrogens (tertiary/aromatic N) is 1. The average molecular weight is 202 g/mol. The van der Waals surface area contributed by atoms with Gasteiger partial charge in [-0.3, -0.25) is 4.98 Å². The molecule has 2 heterocycles. The number of rotatable bonds is 3. The highest BCUT2D eigenvalue weighted by Gasteiger charge is 2.21. The van der Waals surface area contributed by atoms with Gasteiger partial charge in [-0.05, 0) is 18.6 Å². The third-order valence-electron chi connectivity index (χ3n) is 3.03. The van der Waals surface area contributed by atoms with Gasteiger partial charge in [-0.25, -0.2) is 0 Å². The molecule has 0 aliphatic heterocycles. The van der Waals surface area contributed by atoms with E-state index in [9.17, 15) is 0 Å². The lowest BCUT2D eigenvalue weighted by molar-refractivity contribution is 0.463. The number of hydrogen-bond donors (Lipinski definition) is 1. The summed E-state index contributed by atoms with van der Waals surface area (Å²) in [5.41, 5.74) is 2.73. The van der Waals surface area contributed by atoms with Gasteiger partial charge in [0.05, 0.1) is 0 Å². The van der Waals surface area contributed by atoms with Crippen LogP contribution in [0.25, 0.3) is 10.9 Å². The fourth-order valence-electron chi connectivity index (χ4n) is 2.10. The normalized spacial score (nSPS) is 12.2. The molecule has 0 aromatic carbocycles. The second-order valence-corrected chi connectivity index (χ2v) is 4.78. The number of aromatic nitrogens is 2. The van der Waals surface area contributed by atoms with Gasteiger partial charge in [-0.15, -0.1) is 0 Å². The van der Waals surface area contributed by atoms with Crippen LogP contribution < -0.4 is 0 Å². The fraction of sp³-hybridized carbons (Fsp3) is 0.462. The molecular formula is C13H18N2. The molecule has 2 nitrogen and oxygen atoms in total. The van der Waals surface area contributed by atoms with E-state index < -0.39 is 0 Å². The second kappa shape index (κ2) is 3.69. The highest BCUT2D eigenvalue weighted by Crippen LogP contribution is 2.29. The second-order valence-electron chi connectivity index (χ2n) is 4.78. The average Bonchev–Trinajstić information content (AvgIpc) is 2.61. The third-order valence-corrected chi connectivity index (χ3v) is 3.03. The number of H-pyrrole nitrogens is 1. The Hall–Kier alpha value is -1.31. The van der Waals surface area contributed by atoms with Crippen molar-refractivity contribution >= 4 is 10.9 Å². The molecule has 0 amide bonds. The Morgan fingerprint density at radius 1 is 1.40 bits per heavy atom. The Labute approximate surface area is 90.7 Å². The molecule has 1 N–H and O–H groups in total. The summed E-state index contributed by atoms with van der Waals surface area (Å²) in [4.78, 5) is 7.61. The van der Waals surface area contributed by atoms with E-state index >= 15 is 0 Å². The van der Waals surface area contributed by atoms with Gasteiger partial charge in [-0.1, -0.05) is 27.2 Å². The van der Waals surface area contributed by atoms with Gasteiger partial charge in [0, 0.05) is 34.4 Å². The minimum absolute atomic E-state index is 0.230. The molecule has 0 unspecified atom stereocenters. The third kappa shape index (κ3) is 1.89. The molecule has 0 saturated carbocycles. The van der Waals surface area contributed by atoms with E-state index in [0.717, 1.165) is 0 Å². The zero-order valence-corrected chi connectivity index (χ0v) is 9.67. The SMILES string of the molecule is CCCC(C)(C)c1cc2cnccc2[nH]1. The van der Waals surface area contributed by atoms with Gasteiger partial charge < -0.3 is 4.98 Å². The van der Waals surface area contributed by atoms with Crippen molar-refractivity contribution in [2.45, 2.75) is 39.0 Å². The van der Waals surface area contributed by atoms with E-state index in [2.05, 4.69) is 36.8 Å². The van der Waals surface area contributed by atoms with E-state index in [4.69, 9.17) is 0 Å². The predicted octanol–water partition coefficient (Wildman–Crippen LogP) is 3.64. The number of pyridine rings is 1. The van der Waals surface area contributed by atoms with E-state index in [1.54, 1.807) is 0 Å². The van der Waals surface area contributed by atoms with Crippen LogP contribution in [0.1, 0.15) is 39.3 Å². The monoisotopic (exact) mass is 202 g/mol. The minimum atomic E-state index is 0.230. The quantitative estimate of drug-likeness (QED) is 0.808. The number of fused-ring (bicyclic) bond motifs is 1. The number of hydrogen-bond acceptors (Lipinski definition) is 1. The molecule has 15 heavy (non-hydrogen) atoms. The van der Waals surface area contributed by atoms with Gasteiger partial charge in [-0.2, -0.15) is 0 Å². The van der Waals surface area contributed by atoms with E-state index in [0.29, 0.717) is 0 Å². The molecule has 0 aliphatic carbocycles. The molecule has 2 heteroatoms. The van der Waals surface area contributed by atoms with Gasteiger partial charge in [0.1, 0.15) is 0 Å². The first-order valence-corrected chi connectivity index (χ1v) is 5.57. The van der Waals surface area contributed by atoms with Gasteiger partial charge in [0.2, 0.25) is 0 Å². The summed E-state index contributed by atoms with van der Waals surface area (Å²) in [6.45, 7) is 6.80. The predicted molar refractivity (Wildman–Crippen MR) is 64.0 cm³/mol. The summed E-state index contributed by atoms with van der Waals surface area (Å²) >= 11 is 0. The Morgan fingerprint density at radius 2 is 2.20 bits per heavy atom. The first kappa shape index (κ1) is 10.2. The number of aromatic amines is 1. The molecule has 0 radical (unpaired) electrons. The molecule has 0 fully saturated rings. The maximum Gasteiger partial charge on any atom is 0.0487 e. The Balaban J connectivity index is 2.44. The largest absolute Gasteiger partial charge is 0.358 e. The molecule has 2 rings (SSSR count). The first-order chi connectivity index (χ1) is 7.13. The number of nitrogens with one attached hydrogen (secondary N) is 1. The summed E-state index contributed by atoms with van der Waals surface area (Å²) in [5, 5.41) is 1.21. The molecule has 80 valence electrons. The molecule has 0 bridgehead atoms. The first-order valence-electron chi connectivity index (χ1n) is 5.57. The maximum absolute atomic E-state index is 4.13. The maximum atomic E-state index is 4.13. The van der Waals surface area contributed by atoms with Crippen LogP contribution in [0.2, 0.25) is 0 Å². The van der Waals surface area contributed by atoms with Crippen molar-refractivity contribution in [3.8, 4) is 0 Å². The molecule has 2 aromatic rings. The van der Waals surface area contributed by atoms with E-state index in [-0.39, 0.29) is 5.41 Å². The summed E-state index contributed by atoms with van der Waals surface area (Å²) in [7, 11) is 0. The van der Waals surface area contributed by atoms with Crippen molar-refractivity contribution in [2.24, 2.45) is 0 Å². The zero-order valence-electron chi connectivity index (χ0n) is 9.67. The van der Waals surface area contributed by atoms with Crippen LogP contribution in [0.4, 0.5) is 0 Å². The molecule has 0 spiro atoms. The molecular weight excluding hydrogens is 184 g/mol. The van der Waals surface area contributed by atoms with Gasteiger partial charge in [0.25, 0.3) is 0 Å². The fourth-order valence-corrected chi connectivity index (χ4v) is 2.10. The smallest absolute Gasteiger partial charge is 0.0487 e. The van der Waals surface area contributed by atoms with Crippen molar-refractivity contribution in [3.05, 3.63) is 30.2 Å². The highest BCUT2D eigenvalue weighted by molar-refractivity contribution is 5.79. The zero-order chi connectivity index (χ0) is 10.9. The summed E-state index contributed by atoms with van der Waals surface area (Å²) < 4.78 is 0. The van der Waals surface area contributed by atoms with Crippen molar-refractivity contribution in [1.29, 1.82) is 0 Å². The van der Waals surface area contributed by atoms with Crippen molar-refractivity contribution < 1.29 is 0 Å². The lowest BCUT2D eigenvalue weighted by Crippen LogP contribution is -2.16. The van der Waals surface area contributed by atoms with Crippen molar-refractivity contribution in [3.63, 3.8) is 0 Å². The molecule has 0 atom stereocenters. The lowest BCUT2D eigenvalue weighted by Gasteiger charge is -2.22. The summed E-state index contributed by atoms with van der Waals surface area (Å²) in [6.07, 6.45) is 6.15. The highest BCUT2D eigenvalue weighted by atomic mass is 14.8.